The molecule has 3 heteroatoms. The van der Waals surface area contributed by atoms with E-state index < -0.39 is 0 Å². The molecule has 0 N–H and O–H groups in total. The van der Waals surface area contributed by atoms with Crippen molar-refractivity contribution in [2.45, 2.75) is 19.3 Å². The minimum atomic E-state index is -0.146. The molecule has 3 nitrogen and oxygen atoms in total. The van der Waals surface area contributed by atoms with Gasteiger partial charge in [0.25, 0.3) is 0 Å². The van der Waals surface area contributed by atoms with E-state index in [0.29, 0.717) is 0 Å². The quantitative estimate of drug-likeness (QED) is 0.168. The summed E-state index contributed by atoms with van der Waals surface area (Å²) >= 11 is 0. The number of para-hydroxylation sites is 3. The Balaban J connectivity index is 1.11. The van der Waals surface area contributed by atoms with Crippen molar-refractivity contribution in [2.24, 2.45) is 0 Å². The number of rotatable bonds is 6. The predicted octanol–water partition coefficient (Wildman–Crippen LogP) is 15.8. The zero-order valence-electron chi connectivity index (χ0n) is 33.4. The van der Waals surface area contributed by atoms with E-state index in [2.05, 4.69) is 230 Å². The van der Waals surface area contributed by atoms with Crippen molar-refractivity contribution in [1.29, 1.82) is 0 Å². The SMILES string of the molecule is CC1(C)c2ccccc2-c2ccc(N(c3ccc(-c4ccccc4)cc3)c3cc(-c4ccc5c6ccccc6n(-c6ccccc6)c5c4)c4oc5ccccc5c4c3)cc21. The molecule has 9 aromatic carbocycles. The standard InChI is InChI=1S/C57H40N2O/c1-57(2)51-22-12-9-19-44(51)45-32-30-42(36-52(45)57)58(41-28-25-38(26-29-41)37-15-5-3-6-16-37)43-34-49(56-50(35-43)48-21-11-14-24-55(48)60-56)39-27-31-47-46-20-10-13-23-53(46)59(54(47)33-39)40-17-7-4-8-18-40/h3-36H,1-2H3. The molecule has 0 amide bonds. The van der Waals surface area contributed by atoms with Crippen LogP contribution in [0.1, 0.15) is 25.0 Å². The first-order valence-corrected chi connectivity index (χ1v) is 20.8. The Labute approximate surface area is 349 Å². The maximum atomic E-state index is 6.83. The van der Waals surface area contributed by atoms with Gasteiger partial charge in [0, 0.05) is 55.3 Å². The lowest BCUT2D eigenvalue weighted by molar-refractivity contribution is 0.660. The molecule has 2 heterocycles. The molecule has 0 atom stereocenters. The van der Waals surface area contributed by atoms with Crippen LogP contribution in [0.4, 0.5) is 17.1 Å². The van der Waals surface area contributed by atoms with Gasteiger partial charge in [-0.1, -0.05) is 153 Å². The van der Waals surface area contributed by atoms with Gasteiger partial charge in [-0.3, -0.25) is 0 Å². The molecule has 0 radical (unpaired) electrons. The minimum Gasteiger partial charge on any atom is -0.455 e. The van der Waals surface area contributed by atoms with E-state index in [4.69, 9.17) is 4.42 Å². The van der Waals surface area contributed by atoms with Crippen LogP contribution in [-0.4, -0.2) is 4.57 Å². The Kier molecular flexibility index (Phi) is 7.58. The fourth-order valence-corrected chi connectivity index (χ4v) is 9.86. The van der Waals surface area contributed by atoms with Gasteiger partial charge in [0.05, 0.1) is 11.0 Å². The zero-order chi connectivity index (χ0) is 40.0. The third-order valence-electron chi connectivity index (χ3n) is 12.8. The smallest absolute Gasteiger partial charge is 0.143 e. The topological polar surface area (TPSA) is 21.3 Å². The maximum absolute atomic E-state index is 6.83. The summed E-state index contributed by atoms with van der Waals surface area (Å²) in [7, 11) is 0. The Morgan fingerprint density at radius 3 is 1.87 bits per heavy atom. The molecule has 0 unspecified atom stereocenters. The number of aromatic nitrogens is 1. The summed E-state index contributed by atoms with van der Waals surface area (Å²) in [6.07, 6.45) is 0. The van der Waals surface area contributed by atoms with Gasteiger partial charge in [-0.2, -0.15) is 0 Å². The normalized spacial score (nSPS) is 13.0. The molecule has 284 valence electrons. The molecule has 0 saturated carbocycles. The third kappa shape index (κ3) is 5.22. The van der Waals surface area contributed by atoms with E-state index in [1.165, 1.54) is 49.7 Å². The van der Waals surface area contributed by atoms with Gasteiger partial charge in [0.15, 0.2) is 0 Å². The molecule has 2 aromatic heterocycles. The average molecular weight is 769 g/mol. The van der Waals surface area contributed by atoms with Gasteiger partial charge in [-0.05, 0) is 106 Å². The zero-order valence-corrected chi connectivity index (χ0v) is 33.4. The second kappa shape index (κ2) is 13.2. The van der Waals surface area contributed by atoms with E-state index in [1.807, 2.05) is 0 Å². The molecule has 0 bridgehead atoms. The number of furan rings is 1. The van der Waals surface area contributed by atoms with E-state index in [-0.39, 0.29) is 5.41 Å². The largest absolute Gasteiger partial charge is 0.455 e. The van der Waals surface area contributed by atoms with Gasteiger partial charge < -0.3 is 13.9 Å². The monoisotopic (exact) mass is 768 g/mol. The lowest BCUT2D eigenvalue weighted by Gasteiger charge is -2.29. The van der Waals surface area contributed by atoms with Gasteiger partial charge >= 0.3 is 0 Å². The Morgan fingerprint density at radius 2 is 1.03 bits per heavy atom. The maximum Gasteiger partial charge on any atom is 0.143 e. The van der Waals surface area contributed by atoms with Crippen LogP contribution in [0.15, 0.2) is 211 Å². The summed E-state index contributed by atoms with van der Waals surface area (Å²) in [6.45, 7) is 4.71. The fourth-order valence-electron chi connectivity index (χ4n) is 9.86. The van der Waals surface area contributed by atoms with Crippen molar-refractivity contribution >= 4 is 60.8 Å². The summed E-state index contributed by atoms with van der Waals surface area (Å²) in [5.74, 6) is 0. The molecule has 60 heavy (non-hydrogen) atoms. The van der Waals surface area contributed by atoms with Gasteiger partial charge in [0.2, 0.25) is 0 Å². The highest BCUT2D eigenvalue weighted by molar-refractivity contribution is 6.14. The van der Waals surface area contributed by atoms with Crippen LogP contribution in [0, 0.1) is 0 Å². The van der Waals surface area contributed by atoms with E-state index >= 15 is 0 Å². The minimum absolute atomic E-state index is 0.146. The summed E-state index contributed by atoms with van der Waals surface area (Å²) in [5, 5.41) is 4.64. The summed E-state index contributed by atoms with van der Waals surface area (Å²) in [4.78, 5) is 2.43. The molecule has 1 aliphatic carbocycles. The molecule has 0 spiro atoms. The molecule has 0 saturated heterocycles. The number of fused-ring (bicyclic) bond motifs is 9. The van der Waals surface area contributed by atoms with Crippen LogP contribution in [-0.2, 0) is 5.41 Å². The van der Waals surface area contributed by atoms with Crippen molar-refractivity contribution in [3.63, 3.8) is 0 Å². The Morgan fingerprint density at radius 1 is 0.400 bits per heavy atom. The van der Waals surface area contributed by atoms with Gasteiger partial charge in [-0.25, -0.2) is 0 Å². The number of benzene rings is 9. The van der Waals surface area contributed by atoms with E-state index in [9.17, 15) is 0 Å². The van der Waals surface area contributed by atoms with Crippen LogP contribution in [0.3, 0.4) is 0 Å². The highest BCUT2D eigenvalue weighted by Crippen LogP contribution is 2.51. The first-order valence-electron chi connectivity index (χ1n) is 20.8. The molecule has 11 aromatic rings. The lowest BCUT2D eigenvalue weighted by atomic mass is 9.82. The number of nitrogens with zero attached hydrogens (tertiary/aromatic N) is 2. The van der Waals surface area contributed by atoms with Crippen molar-refractivity contribution < 1.29 is 4.42 Å². The fraction of sp³-hybridized carbons (Fsp3) is 0.0526. The van der Waals surface area contributed by atoms with Crippen LogP contribution in [0.25, 0.3) is 82.8 Å². The van der Waals surface area contributed by atoms with Crippen molar-refractivity contribution in [2.75, 3.05) is 4.90 Å². The molecule has 12 rings (SSSR count). The average Bonchev–Trinajstić information content (AvgIpc) is 3.92. The summed E-state index contributed by atoms with van der Waals surface area (Å²) in [5.41, 5.74) is 18.2. The summed E-state index contributed by atoms with van der Waals surface area (Å²) in [6, 6.07) is 74.9. The van der Waals surface area contributed by atoms with Crippen LogP contribution in [0.2, 0.25) is 0 Å². The molecule has 0 fully saturated rings. The second-order valence-corrected chi connectivity index (χ2v) is 16.5. The second-order valence-electron chi connectivity index (χ2n) is 16.5. The Bertz CT molecular complexity index is 3450. The van der Waals surface area contributed by atoms with E-state index in [1.54, 1.807) is 0 Å². The number of hydrogen-bond donors (Lipinski definition) is 0. The molecular formula is C57H40N2O. The number of anilines is 3. The Hall–Kier alpha value is -7.62. The van der Waals surface area contributed by atoms with Crippen molar-refractivity contribution in [3.8, 4) is 39.1 Å². The third-order valence-corrected chi connectivity index (χ3v) is 12.8. The highest BCUT2D eigenvalue weighted by Gasteiger charge is 2.36. The van der Waals surface area contributed by atoms with Crippen molar-refractivity contribution in [1.82, 2.24) is 4.57 Å². The van der Waals surface area contributed by atoms with E-state index in [0.717, 1.165) is 61.3 Å². The molecule has 0 aliphatic heterocycles. The molecule has 1 aliphatic rings. The van der Waals surface area contributed by atoms with Crippen LogP contribution < -0.4 is 4.90 Å². The first-order chi connectivity index (χ1) is 29.5. The van der Waals surface area contributed by atoms with Gasteiger partial charge in [0.1, 0.15) is 11.2 Å². The lowest BCUT2D eigenvalue weighted by Crippen LogP contribution is -2.16. The predicted molar refractivity (Wildman–Crippen MR) is 251 cm³/mol. The number of hydrogen-bond acceptors (Lipinski definition) is 2. The molecular weight excluding hydrogens is 729 g/mol. The van der Waals surface area contributed by atoms with Crippen LogP contribution >= 0.6 is 0 Å². The van der Waals surface area contributed by atoms with Crippen LogP contribution in [0.5, 0.6) is 0 Å². The first kappa shape index (κ1) is 34.4. The van der Waals surface area contributed by atoms with Gasteiger partial charge in [-0.15, -0.1) is 0 Å². The highest BCUT2D eigenvalue weighted by atomic mass is 16.3. The summed E-state index contributed by atoms with van der Waals surface area (Å²) < 4.78 is 9.22. The van der Waals surface area contributed by atoms with Crippen molar-refractivity contribution in [3.05, 3.63) is 217 Å².